The summed E-state index contributed by atoms with van der Waals surface area (Å²) in [4.78, 5) is 11.8. The second-order valence-corrected chi connectivity index (χ2v) is 4.79. The van der Waals surface area contributed by atoms with Gasteiger partial charge in [-0.2, -0.15) is 0 Å². The van der Waals surface area contributed by atoms with Gasteiger partial charge in [0, 0.05) is 18.2 Å². The van der Waals surface area contributed by atoms with Crippen LogP contribution in [0.1, 0.15) is 11.1 Å². The molecule has 0 aliphatic carbocycles. The lowest BCUT2D eigenvalue weighted by atomic mass is 10.2. The van der Waals surface area contributed by atoms with E-state index in [1.807, 2.05) is 18.2 Å². The lowest BCUT2D eigenvalue weighted by molar-refractivity contribution is -0.116. The highest BCUT2D eigenvalue weighted by molar-refractivity contribution is 5.91. The second-order valence-electron chi connectivity index (χ2n) is 4.79. The molecule has 0 bridgehead atoms. The molecule has 0 aliphatic heterocycles. The van der Waals surface area contributed by atoms with Crippen LogP contribution in [0.5, 0.6) is 5.75 Å². The van der Waals surface area contributed by atoms with E-state index in [1.54, 1.807) is 24.3 Å². The summed E-state index contributed by atoms with van der Waals surface area (Å²) in [5.74, 6) is -0.00954. The van der Waals surface area contributed by atoms with E-state index in [9.17, 15) is 9.18 Å². The van der Waals surface area contributed by atoms with Crippen molar-refractivity contribution >= 4 is 12.0 Å². The largest absolute Gasteiger partial charge is 0.491 e. The van der Waals surface area contributed by atoms with Crippen LogP contribution >= 0.6 is 0 Å². The standard InChI is InChI=1S/C18H18FNO3/c19-16-6-3-4-14(12-16)8-9-18(22)20-13-15-5-1-2-7-17(15)23-11-10-21/h1-9,12,21H,10-11,13H2,(H,20,22)/b9-8+. The number of para-hydroxylation sites is 1. The average molecular weight is 315 g/mol. The SMILES string of the molecule is O=C(/C=C/c1cccc(F)c1)NCc1ccccc1OCCO. The van der Waals surface area contributed by atoms with Crippen molar-refractivity contribution < 1.29 is 19.0 Å². The fraction of sp³-hybridized carbons (Fsp3) is 0.167. The van der Waals surface area contributed by atoms with Crippen molar-refractivity contribution in [2.45, 2.75) is 6.54 Å². The fourth-order valence-corrected chi connectivity index (χ4v) is 1.97. The third-order valence-corrected chi connectivity index (χ3v) is 3.05. The normalized spacial score (nSPS) is 10.7. The number of hydrogen-bond donors (Lipinski definition) is 2. The van der Waals surface area contributed by atoms with Gasteiger partial charge in [-0.1, -0.05) is 30.3 Å². The minimum atomic E-state index is -0.345. The molecule has 0 heterocycles. The first kappa shape index (κ1) is 16.7. The van der Waals surface area contributed by atoms with Gasteiger partial charge in [0.25, 0.3) is 0 Å². The summed E-state index contributed by atoms with van der Waals surface area (Å²) in [6.45, 7) is 0.426. The van der Waals surface area contributed by atoms with Gasteiger partial charge in [-0.25, -0.2) is 4.39 Å². The van der Waals surface area contributed by atoms with Crippen molar-refractivity contribution in [3.8, 4) is 5.75 Å². The smallest absolute Gasteiger partial charge is 0.244 e. The van der Waals surface area contributed by atoms with Crippen molar-refractivity contribution in [2.75, 3.05) is 13.2 Å². The van der Waals surface area contributed by atoms with Gasteiger partial charge in [-0.05, 0) is 29.8 Å². The molecule has 0 saturated heterocycles. The van der Waals surface area contributed by atoms with Crippen LogP contribution in [0.25, 0.3) is 6.08 Å². The van der Waals surface area contributed by atoms with Gasteiger partial charge in [0.05, 0.1) is 6.61 Å². The molecule has 0 spiro atoms. The van der Waals surface area contributed by atoms with E-state index in [1.165, 1.54) is 18.2 Å². The Bertz CT molecular complexity index is 685. The fourth-order valence-electron chi connectivity index (χ4n) is 1.97. The zero-order valence-electron chi connectivity index (χ0n) is 12.5. The second kappa shape index (κ2) is 8.70. The molecule has 2 aromatic rings. The molecule has 0 fully saturated rings. The Hall–Kier alpha value is -2.66. The molecule has 0 radical (unpaired) electrons. The van der Waals surface area contributed by atoms with E-state index in [2.05, 4.69) is 5.32 Å². The van der Waals surface area contributed by atoms with E-state index in [-0.39, 0.29) is 24.9 Å². The first-order chi connectivity index (χ1) is 11.2. The topological polar surface area (TPSA) is 58.6 Å². The number of aliphatic hydroxyl groups is 1. The Morgan fingerprint density at radius 2 is 2.04 bits per heavy atom. The molecule has 0 atom stereocenters. The van der Waals surface area contributed by atoms with E-state index in [0.717, 1.165) is 5.56 Å². The Labute approximate surface area is 134 Å². The van der Waals surface area contributed by atoms with Crippen molar-refractivity contribution in [1.82, 2.24) is 5.32 Å². The Morgan fingerprint density at radius 3 is 2.83 bits per heavy atom. The minimum Gasteiger partial charge on any atom is -0.491 e. The van der Waals surface area contributed by atoms with Crippen LogP contribution in [-0.4, -0.2) is 24.2 Å². The molecule has 0 saturated carbocycles. The number of benzene rings is 2. The monoisotopic (exact) mass is 315 g/mol. The van der Waals surface area contributed by atoms with Crippen LogP contribution in [0.2, 0.25) is 0 Å². The number of hydrogen-bond acceptors (Lipinski definition) is 3. The first-order valence-corrected chi connectivity index (χ1v) is 7.22. The summed E-state index contributed by atoms with van der Waals surface area (Å²) in [7, 11) is 0. The van der Waals surface area contributed by atoms with Gasteiger partial charge in [0.2, 0.25) is 5.91 Å². The van der Waals surface area contributed by atoms with Gasteiger partial charge >= 0.3 is 0 Å². The zero-order valence-corrected chi connectivity index (χ0v) is 12.5. The molecule has 5 heteroatoms. The maximum atomic E-state index is 13.0. The molecular formula is C18H18FNO3. The van der Waals surface area contributed by atoms with Crippen molar-refractivity contribution in [3.05, 3.63) is 71.6 Å². The van der Waals surface area contributed by atoms with Gasteiger partial charge in [-0.3, -0.25) is 4.79 Å². The van der Waals surface area contributed by atoms with Gasteiger partial charge < -0.3 is 15.2 Å². The van der Waals surface area contributed by atoms with Crippen LogP contribution in [-0.2, 0) is 11.3 Å². The number of rotatable bonds is 7. The predicted octanol–water partition coefficient (Wildman–Crippen LogP) is 2.53. The number of halogens is 1. The number of aliphatic hydroxyl groups excluding tert-OH is 1. The Balaban J connectivity index is 1.92. The molecule has 4 nitrogen and oxygen atoms in total. The van der Waals surface area contributed by atoms with Crippen LogP contribution in [0, 0.1) is 5.82 Å². The van der Waals surface area contributed by atoms with Crippen molar-refractivity contribution in [2.24, 2.45) is 0 Å². The molecule has 0 aliphatic rings. The zero-order chi connectivity index (χ0) is 16.5. The van der Waals surface area contributed by atoms with Crippen LogP contribution < -0.4 is 10.1 Å². The summed E-state index contributed by atoms with van der Waals surface area (Å²) in [6, 6.07) is 13.3. The Kier molecular flexibility index (Phi) is 6.32. The lowest BCUT2D eigenvalue weighted by Gasteiger charge is -2.10. The summed E-state index contributed by atoms with van der Waals surface area (Å²) in [6.07, 6.45) is 2.90. The van der Waals surface area contributed by atoms with Gasteiger partial charge in [0.1, 0.15) is 18.2 Å². The van der Waals surface area contributed by atoms with Crippen molar-refractivity contribution in [3.63, 3.8) is 0 Å². The van der Waals surface area contributed by atoms with E-state index in [4.69, 9.17) is 9.84 Å². The molecule has 120 valence electrons. The van der Waals surface area contributed by atoms with Crippen LogP contribution in [0.3, 0.4) is 0 Å². The average Bonchev–Trinajstić information content (AvgIpc) is 2.57. The third kappa shape index (κ3) is 5.56. The first-order valence-electron chi connectivity index (χ1n) is 7.22. The van der Waals surface area contributed by atoms with E-state index >= 15 is 0 Å². The maximum Gasteiger partial charge on any atom is 0.244 e. The quantitative estimate of drug-likeness (QED) is 0.772. The number of nitrogens with one attached hydrogen (secondary N) is 1. The molecule has 0 unspecified atom stereocenters. The Morgan fingerprint density at radius 1 is 1.22 bits per heavy atom. The number of carbonyl (C=O) groups excluding carboxylic acids is 1. The highest BCUT2D eigenvalue weighted by Gasteiger charge is 2.04. The molecular weight excluding hydrogens is 297 g/mol. The number of ether oxygens (including phenoxy) is 1. The number of amides is 1. The van der Waals surface area contributed by atoms with Crippen LogP contribution in [0.15, 0.2) is 54.6 Å². The molecule has 2 N–H and O–H groups in total. The maximum absolute atomic E-state index is 13.0. The molecule has 2 aromatic carbocycles. The molecule has 1 amide bonds. The third-order valence-electron chi connectivity index (χ3n) is 3.05. The molecule has 23 heavy (non-hydrogen) atoms. The minimum absolute atomic E-state index is 0.0724. The van der Waals surface area contributed by atoms with Gasteiger partial charge in [-0.15, -0.1) is 0 Å². The summed E-state index contributed by atoms with van der Waals surface area (Å²) >= 11 is 0. The highest BCUT2D eigenvalue weighted by atomic mass is 19.1. The number of carbonyl (C=O) groups is 1. The van der Waals surface area contributed by atoms with Crippen LogP contribution in [0.4, 0.5) is 4.39 Å². The lowest BCUT2D eigenvalue weighted by Crippen LogP contribution is -2.20. The molecule has 2 rings (SSSR count). The summed E-state index contributed by atoms with van der Waals surface area (Å²) in [5.41, 5.74) is 1.43. The molecule has 0 aromatic heterocycles. The van der Waals surface area contributed by atoms with Crippen molar-refractivity contribution in [1.29, 1.82) is 0 Å². The van der Waals surface area contributed by atoms with Gasteiger partial charge in [0.15, 0.2) is 0 Å². The summed E-state index contributed by atoms with van der Waals surface area (Å²) < 4.78 is 18.4. The van der Waals surface area contributed by atoms with E-state index in [0.29, 0.717) is 17.9 Å². The predicted molar refractivity (Wildman–Crippen MR) is 86.3 cm³/mol. The van der Waals surface area contributed by atoms with E-state index < -0.39 is 0 Å². The summed E-state index contributed by atoms with van der Waals surface area (Å²) in [5, 5.41) is 11.5. The highest BCUT2D eigenvalue weighted by Crippen LogP contribution is 2.17.